The van der Waals surface area contributed by atoms with Gasteiger partial charge in [-0.25, -0.2) is 0 Å². The molecule has 6 rings (SSSR count). The van der Waals surface area contributed by atoms with Crippen molar-refractivity contribution in [2.45, 2.75) is 73.6 Å². The first-order chi connectivity index (χ1) is 23.1. The van der Waals surface area contributed by atoms with Crippen LogP contribution in [0.15, 0.2) is 36.4 Å². The lowest BCUT2D eigenvalue weighted by atomic mass is 9.85. The first kappa shape index (κ1) is 35.0. The minimum atomic E-state index is -1.59. The van der Waals surface area contributed by atoms with Crippen molar-refractivity contribution in [3.8, 4) is 23.0 Å². The molecule has 0 bridgehead atoms. The van der Waals surface area contributed by atoms with Crippen LogP contribution in [-0.4, -0.2) is 143 Å². The van der Waals surface area contributed by atoms with Crippen LogP contribution in [0.1, 0.15) is 23.3 Å². The Morgan fingerprint density at radius 2 is 0.958 bits per heavy atom. The summed E-state index contributed by atoms with van der Waals surface area (Å²) in [7, 11) is 2.90. The second kappa shape index (κ2) is 14.6. The van der Waals surface area contributed by atoms with Crippen molar-refractivity contribution >= 4 is 0 Å². The van der Waals surface area contributed by atoms with Crippen LogP contribution in [0.5, 0.6) is 23.0 Å². The molecule has 0 amide bonds. The zero-order chi connectivity index (χ0) is 34.3. The van der Waals surface area contributed by atoms with Gasteiger partial charge in [-0.15, -0.1) is 0 Å². The number of rotatable bonds is 10. The predicted octanol–water partition coefficient (Wildman–Crippen LogP) is -1.86. The number of methoxy groups -OCH3 is 2. The fourth-order valence-corrected chi connectivity index (χ4v) is 6.73. The van der Waals surface area contributed by atoms with Crippen molar-refractivity contribution in [2.24, 2.45) is 11.8 Å². The first-order valence-electron chi connectivity index (χ1n) is 15.6. The van der Waals surface area contributed by atoms with Gasteiger partial charge in [0.05, 0.1) is 52.9 Å². The van der Waals surface area contributed by atoms with E-state index in [0.717, 1.165) is 11.1 Å². The Hall–Kier alpha value is -2.84. The third kappa shape index (κ3) is 6.44. The number of hydrogen-bond donors (Lipinski definition) is 8. The average molecular weight is 683 g/mol. The highest BCUT2D eigenvalue weighted by Crippen LogP contribution is 2.52. The maximum absolute atomic E-state index is 10.4. The van der Waals surface area contributed by atoms with Crippen molar-refractivity contribution < 1.29 is 78.7 Å². The molecule has 0 spiro atoms. The van der Waals surface area contributed by atoms with Crippen LogP contribution in [0, 0.1) is 11.8 Å². The maximum Gasteiger partial charge on any atom is 0.229 e. The van der Waals surface area contributed by atoms with Crippen molar-refractivity contribution in [1.82, 2.24) is 0 Å². The van der Waals surface area contributed by atoms with Crippen LogP contribution in [0.25, 0.3) is 0 Å². The van der Waals surface area contributed by atoms with Crippen LogP contribution in [0.3, 0.4) is 0 Å². The first-order valence-corrected chi connectivity index (χ1v) is 15.6. The molecule has 2 aromatic carbocycles. The third-order valence-corrected chi connectivity index (χ3v) is 9.48. The molecule has 48 heavy (non-hydrogen) atoms. The van der Waals surface area contributed by atoms with E-state index in [0.29, 0.717) is 24.7 Å². The second-order valence-electron chi connectivity index (χ2n) is 12.3. The van der Waals surface area contributed by atoms with Gasteiger partial charge in [0.15, 0.2) is 23.0 Å². The smallest absolute Gasteiger partial charge is 0.229 e. The molecule has 14 atom stereocenters. The Kier molecular flexibility index (Phi) is 10.6. The molecule has 0 aromatic heterocycles. The van der Waals surface area contributed by atoms with E-state index in [1.807, 2.05) is 0 Å². The van der Waals surface area contributed by atoms with Gasteiger partial charge in [0.1, 0.15) is 48.8 Å². The van der Waals surface area contributed by atoms with E-state index in [4.69, 9.17) is 37.9 Å². The summed E-state index contributed by atoms with van der Waals surface area (Å²) in [6, 6.07) is 10.3. The molecule has 4 saturated heterocycles. The Morgan fingerprint density at radius 1 is 0.562 bits per heavy atom. The molecular weight excluding hydrogens is 640 g/mol. The van der Waals surface area contributed by atoms with E-state index >= 15 is 0 Å². The van der Waals surface area contributed by atoms with Gasteiger partial charge < -0.3 is 78.7 Å². The summed E-state index contributed by atoms with van der Waals surface area (Å²) in [5.41, 5.74) is 1.59. The molecule has 266 valence electrons. The summed E-state index contributed by atoms with van der Waals surface area (Å²) < 4.78 is 46.1. The molecule has 8 N–H and O–H groups in total. The molecule has 4 fully saturated rings. The van der Waals surface area contributed by atoms with Crippen molar-refractivity contribution in [2.75, 3.05) is 40.6 Å². The molecule has 0 aliphatic carbocycles. The van der Waals surface area contributed by atoms with Crippen LogP contribution >= 0.6 is 0 Å². The fraction of sp³-hybridized carbons (Fsp3) is 0.625. The van der Waals surface area contributed by atoms with Crippen LogP contribution in [-0.2, 0) is 18.9 Å². The molecule has 4 aliphatic heterocycles. The van der Waals surface area contributed by atoms with Crippen LogP contribution < -0.4 is 18.9 Å². The third-order valence-electron chi connectivity index (χ3n) is 9.48. The molecule has 16 nitrogen and oxygen atoms in total. The lowest BCUT2D eigenvalue weighted by Gasteiger charge is -2.39. The van der Waals surface area contributed by atoms with Gasteiger partial charge in [0, 0.05) is 11.8 Å². The van der Waals surface area contributed by atoms with Gasteiger partial charge in [0.25, 0.3) is 0 Å². The molecule has 4 aliphatic rings. The molecule has 16 heteroatoms. The average Bonchev–Trinajstić information content (AvgIpc) is 3.72. The van der Waals surface area contributed by atoms with E-state index in [9.17, 15) is 40.9 Å². The van der Waals surface area contributed by atoms with Crippen LogP contribution in [0.4, 0.5) is 0 Å². The summed E-state index contributed by atoms with van der Waals surface area (Å²) in [4.78, 5) is 0. The topological polar surface area (TPSA) is 236 Å². The molecular formula is C32H42O16. The summed E-state index contributed by atoms with van der Waals surface area (Å²) >= 11 is 0. The standard InChI is InChI=1S/C32H42O16/c1-41-19-7-13(3-5-17(19)45-31-27(39)25(37)23(35)21(9-33)47-31)29-15-11-44-30(16(15)12-43-29)14-4-6-18(20(8-14)42-2)46-32-28(40)26(38)24(36)22(10-34)48-32/h3-8,15-16,21-40H,9-12H2,1-2H3/t15-,16-,21+,22+,23-,24+,25-,26-,27+,28+,29+,30-,31-,32-/m1/s1. The number of aliphatic hydroxyl groups is 8. The maximum atomic E-state index is 10.4. The Labute approximate surface area is 275 Å². The van der Waals surface area contributed by atoms with Gasteiger partial charge in [-0.3, -0.25) is 0 Å². The SMILES string of the molecule is COc1cc([C@H]2OC[C@@H]3[C@H]2CO[C@H]3c2ccc(O[C@@H]3O[C@@H](CO)[C@@H](O)[C@@H](O)[C@@H]3O)c(OC)c2)ccc1O[C@@H]1O[C@@H](CO)[C@H](O)[C@@H](O)[C@@H]1O. The van der Waals surface area contributed by atoms with Gasteiger partial charge in [-0.2, -0.15) is 0 Å². The predicted molar refractivity (Wildman–Crippen MR) is 159 cm³/mol. The van der Waals surface area contributed by atoms with E-state index in [1.54, 1.807) is 36.4 Å². The number of ether oxygens (including phenoxy) is 8. The van der Waals surface area contributed by atoms with Crippen molar-refractivity contribution in [3.63, 3.8) is 0 Å². The van der Waals surface area contributed by atoms with Crippen LogP contribution in [0.2, 0.25) is 0 Å². The highest BCUT2D eigenvalue weighted by Gasteiger charge is 2.49. The van der Waals surface area contributed by atoms with Gasteiger partial charge >= 0.3 is 0 Å². The largest absolute Gasteiger partial charge is 0.493 e. The lowest BCUT2D eigenvalue weighted by Crippen LogP contribution is -2.60. The Bertz CT molecular complexity index is 1290. The van der Waals surface area contributed by atoms with Crippen molar-refractivity contribution in [3.05, 3.63) is 47.5 Å². The molecule has 2 aromatic rings. The molecule has 0 radical (unpaired) electrons. The summed E-state index contributed by atoms with van der Waals surface area (Å²) in [5.74, 6) is 0.997. The summed E-state index contributed by atoms with van der Waals surface area (Å²) in [6.45, 7) is -0.371. The number of benzene rings is 2. The number of aliphatic hydroxyl groups excluding tert-OH is 8. The van der Waals surface area contributed by atoms with Gasteiger partial charge in [-0.05, 0) is 35.4 Å². The molecule has 4 heterocycles. The highest BCUT2D eigenvalue weighted by molar-refractivity contribution is 5.46. The highest BCUT2D eigenvalue weighted by atomic mass is 16.7. The van der Waals surface area contributed by atoms with Gasteiger partial charge in [-0.1, -0.05) is 12.1 Å². The molecule has 0 saturated carbocycles. The number of fused-ring (bicyclic) bond motifs is 1. The van der Waals surface area contributed by atoms with E-state index in [2.05, 4.69) is 0 Å². The zero-order valence-electron chi connectivity index (χ0n) is 26.2. The van der Waals surface area contributed by atoms with Crippen molar-refractivity contribution in [1.29, 1.82) is 0 Å². The summed E-state index contributed by atoms with van der Waals surface area (Å²) in [6.07, 6.45) is -15.0. The van der Waals surface area contributed by atoms with E-state index in [-0.39, 0.29) is 35.5 Å². The Morgan fingerprint density at radius 3 is 1.31 bits per heavy atom. The minimum absolute atomic E-state index is 0.0204. The van der Waals surface area contributed by atoms with E-state index in [1.165, 1.54) is 14.2 Å². The summed E-state index contributed by atoms with van der Waals surface area (Å²) in [5, 5.41) is 80.1. The quantitative estimate of drug-likeness (QED) is 0.137. The monoisotopic (exact) mass is 682 g/mol. The molecule has 0 unspecified atom stereocenters. The fourth-order valence-electron chi connectivity index (χ4n) is 6.73. The van der Waals surface area contributed by atoms with Gasteiger partial charge in [0.2, 0.25) is 12.6 Å². The lowest BCUT2D eigenvalue weighted by molar-refractivity contribution is -0.277. The second-order valence-corrected chi connectivity index (χ2v) is 12.3. The number of hydrogen-bond acceptors (Lipinski definition) is 16. The zero-order valence-corrected chi connectivity index (χ0v) is 26.2. The Balaban J connectivity index is 1.14. The normalized spacial score (nSPS) is 39.5. The minimum Gasteiger partial charge on any atom is -0.493 e. The van der Waals surface area contributed by atoms with E-state index < -0.39 is 74.6 Å².